The van der Waals surface area contributed by atoms with Gasteiger partial charge in [0.25, 0.3) is 0 Å². The fourth-order valence-corrected chi connectivity index (χ4v) is 5.02. The van der Waals surface area contributed by atoms with Crippen LogP contribution in [-0.2, 0) is 9.53 Å². The molecule has 1 heterocycles. The largest absolute Gasteiger partial charge is 0.489 e. The van der Waals surface area contributed by atoms with Crippen molar-refractivity contribution in [2.24, 2.45) is 0 Å². The number of fused-ring (bicyclic) bond motifs is 2. The molecule has 3 atom stereocenters. The van der Waals surface area contributed by atoms with Gasteiger partial charge in [0.05, 0.1) is 7.11 Å². The molecule has 0 radical (unpaired) electrons. The first-order valence-electron chi connectivity index (χ1n) is 12.5. The SMILES string of the molecule is COC(=O)COc1cc(C2C[C@H](CN[C@H](C)c3cccc4ccccc34)Oc3ccccc32)ccc1F. The lowest BCUT2D eigenvalue weighted by molar-refractivity contribution is -0.142. The smallest absolute Gasteiger partial charge is 0.343 e. The van der Waals surface area contributed by atoms with Gasteiger partial charge in [0.1, 0.15) is 11.9 Å². The zero-order valence-corrected chi connectivity index (χ0v) is 20.9. The average molecular weight is 500 g/mol. The van der Waals surface area contributed by atoms with E-state index in [1.165, 1.54) is 29.5 Å². The van der Waals surface area contributed by atoms with Gasteiger partial charge < -0.3 is 19.5 Å². The lowest BCUT2D eigenvalue weighted by Gasteiger charge is -2.33. The summed E-state index contributed by atoms with van der Waals surface area (Å²) < 4.78 is 30.8. The van der Waals surface area contributed by atoms with E-state index < -0.39 is 11.8 Å². The maximum atomic E-state index is 14.4. The van der Waals surface area contributed by atoms with E-state index in [9.17, 15) is 9.18 Å². The summed E-state index contributed by atoms with van der Waals surface area (Å²) in [5.74, 6) is -0.232. The molecule has 1 unspecified atom stereocenters. The molecular formula is C31H30FNO4. The second kappa shape index (κ2) is 11.0. The molecule has 0 saturated carbocycles. The number of benzene rings is 4. The van der Waals surface area contributed by atoms with E-state index in [1.54, 1.807) is 12.1 Å². The lowest BCUT2D eigenvalue weighted by atomic mass is 9.84. The van der Waals surface area contributed by atoms with Crippen LogP contribution < -0.4 is 14.8 Å². The van der Waals surface area contributed by atoms with Gasteiger partial charge in [0, 0.05) is 24.1 Å². The van der Waals surface area contributed by atoms with Crippen LogP contribution in [0, 0.1) is 5.82 Å². The van der Waals surface area contributed by atoms with Gasteiger partial charge in [-0.2, -0.15) is 0 Å². The Morgan fingerprint density at radius 3 is 2.70 bits per heavy atom. The molecule has 5 rings (SSSR count). The highest BCUT2D eigenvalue weighted by Crippen LogP contribution is 2.41. The highest BCUT2D eigenvalue weighted by molar-refractivity contribution is 5.86. The van der Waals surface area contributed by atoms with Gasteiger partial charge in [-0.3, -0.25) is 0 Å². The molecule has 5 nitrogen and oxygen atoms in total. The number of para-hydroxylation sites is 1. The standard InChI is InChI=1S/C31H30FNO4/c1-20(24-12-7-9-21-8-3-4-10-25(21)24)33-18-23-17-27(26-11-5-6-13-29(26)37-23)22-14-15-28(32)30(16-22)36-19-31(34)35-2/h3-16,20,23,27,33H,17-19H2,1-2H3/t20-,23-,27?/m1/s1. The number of hydrogen-bond donors (Lipinski definition) is 1. The topological polar surface area (TPSA) is 56.8 Å². The van der Waals surface area contributed by atoms with Crippen LogP contribution in [0.25, 0.3) is 10.8 Å². The van der Waals surface area contributed by atoms with Crippen molar-refractivity contribution < 1.29 is 23.4 Å². The van der Waals surface area contributed by atoms with Gasteiger partial charge >= 0.3 is 5.97 Å². The second-order valence-electron chi connectivity index (χ2n) is 9.32. The number of ether oxygens (including phenoxy) is 3. The summed E-state index contributed by atoms with van der Waals surface area (Å²) in [6, 6.07) is 27.7. The Kier molecular flexibility index (Phi) is 7.37. The van der Waals surface area contributed by atoms with Gasteiger partial charge in [-0.15, -0.1) is 0 Å². The first-order chi connectivity index (χ1) is 18.0. The highest BCUT2D eigenvalue weighted by Gasteiger charge is 2.30. The van der Waals surface area contributed by atoms with Gasteiger partial charge in [-0.25, -0.2) is 9.18 Å². The number of carbonyl (C=O) groups excluding carboxylic acids is 1. The molecule has 37 heavy (non-hydrogen) atoms. The van der Waals surface area contributed by atoms with Crippen molar-refractivity contribution in [3.8, 4) is 11.5 Å². The molecule has 0 saturated heterocycles. The molecule has 0 aromatic heterocycles. The number of esters is 1. The van der Waals surface area contributed by atoms with Crippen LogP contribution in [0.3, 0.4) is 0 Å². The first-order valence-corrected chi connectivity index (χ1v) is 12.5. The number of rotatable bonds is 8. The number of halogens is 1. The molecular weight excluding hydrogens is 469 g/mol. The minimum absolute atomic E-state index is 0.00862. The summed E-state index contributed by atoms with van der Waals surface area (Å²) in [7, 11) is 1.27. The minimum Gasteiger partial charge on any atom is -0.489 e. The molecule has 1 aliphatic rings. The molecule has 1 N–H and O–H groups in total. The van der Waals surface area contributed by atoms with E-state index in [-0.39, 0.29) is 30.4 Å². The fraction of sp³-hybridized carbons (Fsp3) is 0.258. The van der Waals surface area contributed by atoms with E-state index >= 15 is 0 Å². The van der Waals surface area contributed by atoms with Crippen molar-refractivity contribution in [2.45, 2.75) is 31.4 Å². The summed E-state index contributed by atoms with van der Waals surface area (Å²) in [4.78, 5) is 11.5. The Balaban J connectivity index is 1.35. The molecule has 4 aromatic rings. The number of methoxy groups -OCH3 is 1. The summed E-state index contributed by atoms with van der Waals surface area (Å²) in [5, 5.41) is 6.12. The van der Waals surface area contributed by atoms with Gasteiger partial charge in [-0.05, 0) is 53.4 Å². The van der Waals surface area contributed by atoms with Crippen LogP contribution in [0.1, 0.15) is 42.0 Å². The van der Waals surface area contributed by atoms with Crippen LogP contribution in [0.2, 0.25) is 0 Å². The van der Waals surface area contributed by atoms with Crippen LogP contribution in [0.5, 0.6) is 11.5 Å². The Bertz CT molecular complexity index is 1400. The molecule has 1 aliphatic heterocycles. The molecule has 0 bridgehead atoms. The highest BCUT2D eigenvalue weighted by atomic mass is 19.1. The number of hydrogen-bond acceptors (Lipinski definition) is 5. The van der Waals surface area contributed by atoms with Gasteiger partial charge in [0.15, 0.2) is 18.2 Å². The van der Waals surface area contributed by atoms with E-state index in [0.29, 0.717) is 13.0 Å². The maximum absolute atomic E-state index is 14.4. The molecule has 0 spiro atoms. The van der Waals surface area contributed by atoms with Crippen molar-refractivity contribution in [3.05, 3.63) is 107 Å². The maximum Gasteiger partial charge on any atom is 0.343 e. The molecule has 4 aromatic carbocycles. The van der Waals surface area contributed by atoms with Gasteiger partial charge in [-0.1, -0.05) is 66.7 Å². The zero-order chi connectivity index (χ0) is 25.8. The normalized spacial score (nSPS) is 17.5. The van der Waals surface area contributed by atoms with Crippen molar-refractivity contribution in [1.82, 2.24) is 5.32 Å². The average Bonchev–Trinajstić information content (AvgIpc) is 2.94. The van der Waals surface area contributed by atoms with Crippen molar-refractivity contribution in [1.29, 1.82) is 0 Å². The lowest BCUT2D eigenvalue weighted by Crippen LogP contribution is -2.37. The number of nitrogens with one attached hydrogen (secondary N) is 1. The minimum atomic E-state index is -0.562. The molecule has 0 aliphatic carbocycles. The molecule has 0 amide bonds. The van der Waals surface area contributed by atoms with E-state index in [2.05, 4.69) is 59.4 Å². The third-order valence-electron chi connectivity index (χ3n) is 6.96. The van der Waals surface area contributed by atoms with Crippen LogP contribution in [-0.4, -0.2) is 32.3 Å². The van der Waals surface area contributed by atoms with Crippen molar-refractivity contribution >= 4 is 16.7 Å². The quantitative estimate of drug-likeness (QED) is 0.294. The summed E-state index contributed by atoms with van der Waals surface area (Å²) in [6.45, 7) is 2.48. The Hall–Kier alpha value is -3.90. The molecule has 6 heteroatoms. The van der Waals surface area contributed by atoms with Crippen LogP contribution in [0.4, 0.5) is 4.39 Å². The predicted molar refractivity (Wildman–Crippen MR) is 142 cm³/mol. The van der Waals surface area contributed by atoms with Crippen LogP contribution >= 0.6 is 0 Å². The van der Waals surface area contributed by atoms with Crippen molar-refractivity contribution in [3.63, 3.8) is 0 Å². The summed E-state index contributed by atoms with van der Waals surface area (Å²) in [5.41, 5.74) is 3.20. The van der Waals surface area contributed by atoms with E-state index in [1.807, 2.05) is 24.3 Å². The third-order valence-corrected chi connectivity index (χ3v) is 6.96. The first kappa shape index (κ1) is 24.8. The Morgan fingerprint density at radius 2 is 1.84 bits per heavy atom. The zero-order valence-electron chi connectivity index (χ0n) is 20.9. The van der Waals surface area contributed by atoms with E-state index in [4.69, 9.17) is 9.47 Å². The summed E-state index contributed by atoms with van der Waals surface area (Å²) in [6.07, 6.45) is 0.635. The number of carbonyl (C=O) groups is 1. The van der Waals surface area contributed by atoms with Crippen LogP contribution in [0.15, 0.2) is 84.9 Å². The monoisotopic (exact) mass is 499 g/mol. The predicted octanol–water partition coefficient (Wildman–Crippen LogP) is 6.16. The molecule has 190 valence electrons. The molecule has 0 fully saturated rings. The third kappa shape index (κ3) is 5.44. The Labute approximate surface area is 216 Å². The van der Waals surface area contributed by atoms with Gasteiger partial charge in [0.2, 0.25) is 0 Å². The van der Waals surface area contributed by atoms with E-state index in [0.717, 1.165) is 16.9 Å². The Morgan fingerprint density at radius 1 is 1.05 bits per heavy atom. The fourth-order valence-electron chi connectivity index (χ4n) is 5.02. The van der Waals surface area contributed by atoms with Crippen molar-refractivity contribution in [2.75, 3.05) is 20.3 Å². The summed E-state index contributed by atoms with van der Waals surface area (Å²) >= 11 is 0. The second-order valence-corrected chi connectivity index (χ2v) is 9.32.